The second kappa shape index (κ2) is 9.98. The summed E-state index contributed by atoms with van der Waals surface area (Å²) in [5.41, 5.74) is 1.76. The number of benzene rings is 4. The molecule has 0 aliphatic rings. The Hall–Kier alpha value is -3.48. The zero-order chi connectivity index (χ0) is 23.4. The quantitative estimate of drug-likeness (QED) is 0.237. The fourth-order valence-electron chi connectivity index (χ4n) is 3.95. The van der Waals surface area contributed by atoms with Crippen molar-refractivity contribution in [2.24, 2.45) is 0 Å². The number of phenolic OH excluding ortho intramolecular Hbond substituents is 2. The van der Waals surface area contributed by atoms with Gasteiger partial charge in [0, 0.05) is 45.9 Å². The summed E-state index contributed by atoms with van der Waals surface area (Å²) in [6.45, 7) is 6.91. The first-order valence-corrected chi connectivity index (χ1v) is 11.0. The fourth-order valence-corrected chi connectivity index (χ4v) is 3.95. The van der Waals surface area contributed by atoms with E-state index in [9.17, 15) is 10.2 Å². The summed E-state index contributed by atoms with van der Waals surface area (Å²) in [5, 5.41) is 25.3. The first-order valence-electron chi connectivity index (χ1n) is 11.0. The second-order valence-corrected chi connectivity index (χ2v) is 7.59. The summed E-state index contributed by atoms with van der Waals surface area (Å²) in [6.07, 6.45) is 0. The molecule has 0 atom stereocenters. The number of aryl methyl sites for hydroxylation is 1. The molecule has 0 spiro atoms. The smallest absolute Gasteiger partial charge is 0.189 e. The molecular formula is C27H28O6. The predicted molar refractivity (Wildman–Crippen MR) is 129 cm³/mol. The molecule has 0 aliphatic heterocycles. The van der Waals surface area contributed by atoms with Crippen molar-refractivity contribution in [1.82, 2.24) is 0 Å². The van der Waals surface area contributed by atoms with Crippen LogP contribution >= 0.6 is 0 Å². The standard InChI is InChI=1S/C27H28O6/c1-4-30-15-32-23-13-21(26(28)19-11-7-6-10-18(19)23)22-14-24(33-16-31-5-2)20-12-8-9-17(3)25(20)27(22)29/h6-14,28-29H,4-5,15-16H2,1-3H3. The summed E-state index contributed by atoms with van der Waals surface area (Å²) >= 11 is 0. The van der Waals surface area contributed by atoms with Crippen molar-refractivity contribution in [2.45, 2.75) is 20.8 Å². The Labute approximate surface area is 192 Å². The van der Waals surface area contributed by atoms with Crippen LogP contribution < -0.4 is 9.47 Å². The summed E-state index contributed by atoms with van der Waals surface area (Å²) < 4.78 is 22.5. The normalized spacial score (nSPS) is 11.2. The number of hydrogen-bond donors (Lipinski definition) is 2. The minimum absolute atomic E-state index is 0.0494. The van der Waals surface area contributed by atoms with Crippen LogP contribution in [-0.2, 0) is 9.47 Å². The summed E-state index contributed by atoms with van der Waals surface area (Å²) in [6, 6.07) is 16.6. The number of hydrogen-bond acceptors (Lipinski definition) is 6. The minimum atomic E-state index is 0.0494. The lowest BCUT2D eigenvalue weighted by atomic mass is 9.93. The summed E-state index contributed by atoms with van der Waals surface area (Å²) in [7, 11) is 0. The van der Waals surface area contributed by atoms with Crippen molar-refractivity contribution >= 4 is 21.5 Å². The molecule has 0 bridgehead atoms. The van der Waals surface area contributed by atoms with Gasteiger partial charge < -0.3 is 29.2 Å². The molecule has 0 amide bonds. The zero-order valence-electron chi connectivity index (χ0n) is 19.1. The van der Waals surface area contributed by atoms with E-state index in [-0.39, 0.29) is 25.1 Å². The van der Waals surface area contributed by atoms with Crippen LogP contribution in [0.5, 0.6) is 23.0 Å². The monoisotopic (exact) mass is 448 g/mol. The van der Waals surface area contributed by atoms with Crippen LogP contribution in [0, 0.1) is 6.92 Å². The van der Waals surface area contributed by atoms with Gasteiger partial charge in [-0.15, -0.1) is 0 Å². The van der Waals surface area contributed by atoms with Gasteiger partial charge in [-0.3, -0.25) is 0 Å². The van der Waals surface area contributed by atoms with Gasteiger partial charge in [-0.2, -0.15) is 0 Å². The maximum atomic E-state index is 11.3. The molecule has 2 N–H and O–H groups in total. The second-order valence-electron chi connectivity index (χ2n) is 7.59. The molecule has 33 heavy (non-hydrogen) atoms. The Morgan fingerprint density at radius 3 is 1.85 bits per heavy atom. The maximum Gasteiger partial charge on any atom is 0.189 e. The Kier molecular flexibility index (Phi) is 6.87. The number of rotatable bonds is 9. The van der Waals surface area contributed by atoms with Gasteiger partial charge in [0.05, 0.1) is 0 Å². The molecule has 4 aromatic carbocycles. The van der Waals surface area contributed by atoms with Crippen LogP contribution in [0.15, 0.2) is 54.6 Å². The lowest BCUT2D eigenvalue weighted by molar-refractivity contribution is 0.0230. The van der Waals surface area contributed by atoms with Crippen molar-refractivity contribution in [3.8, 4) is 34.1 Å². The van der Waals surface area contributed by atoms with Gasteiger partial charge in [0.25, 0.3) is 0 Å². The van der Waals surface area contributed by atoms with E-state index in [0.717, 1.165) is 16.3 Å². The van der Waals surface area contributed by atoms with Gasteiger partial charge >= 0.3 is 0 Å². The summed E-state index contributed by atoms with van der Waals surface area (Å²) in [5.74, 6) is 1.22. The SMILES string of the molecule is CCOCOc1cc(-c2cc(OCOCC)c3cccc(C)c3c2O)c(O)c2ccccc12. The third-order valence-electron chi connectivity index (χ3n) is 5.58. The van der Waals surface area contributed by atoms with Crippen molar-refractivity contribution in [3.05, 3.63) is 60.2 Å². The van der Waals surface area contributed by atoms with Crippen molar-refractivity contribution in [3.63, 3.8) is 0 Å². The topological polar surface area (TPSA) is 77.4 Å². The first-order chi connectivity index (χ1) is 16.1. The van der Waals surface area contributed by atoms with Gasteiger partial charge in [-0.25, -0.2) is 0 Å². The van der Waals surface area contributed by atoms with E-state index in [1.807, 2.05) is 63.2 Å². The van der Waals surface area contributed by atoms with Crippen LogP contribution in [0.3, 0.4) is 0 Å². The van der Waals surface area contributed by atoms with Crippen LogP contribution in [0.25, 0.3) is 32.7 Å². The molecule has 0 saturated heterocycles. The largest absolute Gasteiger partial charge is 0.507 e. The van der Waals surface area contributed by atoms with Crippen molar-refractivity contribution < 1.29 is 29.2 Å². The molecule has 0 aromatic heterocycles. The fraction of sp³-hybridized carbons (Fsp3) is 0.259. The third-order valence-corrected chi connectivity index (χ3v) is 5.58. The number of ether oxygens (including phenoxy) is 4. The lowest BCUT2D eigenvalue weighted by Crippen LogP contribution is -2.04. The Morgan fingerprint density at radius 1 is 0.667 bits per heavy atom. The van der Waals surface area contributed by atoms with Crippen LogP contribution in [-0.4, -0.2) is 37.0 Å². The van der Waals surface area contributed by atoms with E-state index in [4.69, 9.17) is 18.9 Å². The molecule has 6 heteroatoms. The zero-order valence-corrected chi connectivity index (χ0v) is 19.1. The van der Waals surface area contributed by atoms with E-state index in [0.29, 0.717) is 46.6 Å². The van der Waals surface area contributed by atoms with Gasteiger partial charge in [0.1, 0.15) is 23.0 Å². The van der Waals surface area contributed by atoms with E-state index < -0.39 is 0 Å². The van der Waals surface area contributed by atoms with Gasteiger partial charge in [0.2, 0.25) is 0 Å². The Bertz CT molecular complexity index is 1280. The van der Waals surface area contributed by atoms with E-state index >= 15 is 0 Å². The molecule has 0 heterocycles. The van der Waals surface area contributed by atoms with Crippen molar-refractivity contribution in [2.75, 3.05) is 26.8 Å². The minimum Gasteiger partial charge on any atom is -0.507 e. The molecule has 0 saturated carbocycles. The van der Waals surface area contributed by atoms with Gasteiger partial charge in [-0.05, 0) is 38.5 Å². The van der Waals surface area contributed by atoms with Gasteiger partial charge in [0.15, 0.2) is 13.6 Å². The van der Waals surface area contributed by atoms with E-state index in [1.54, 1.807) is 12.1 Å². The molecule has 4 aromatic rings. The molecular weight excluding hydrogens is 420 g/mol. The predicted octanol–water partition coefficient (Wildman–Crippen LogP) is 6.13. The van der Waals surface area contributed by atoms with Crippen LogP contribution in [0.1, 0.15) is 19.4 Å². The highest BCUT2D eigenvalue weighted by atomic mass is 16.7. The maximum absolute atomic E-state index is 11.3. The molecule has 0 radical (unpaired) electrons. The summed E-state index contributed by atoms with van der Waals surface area (Å²) in [4.78, 5) is 0. The number of fused-ring (bicyclic) bond motifs is 2. The van der Waals surface area contributed by atoms with Crippen LogP contribution in [0.4, 0.5) is 0 Å². The van der Waals surface area contributed by atoms with Gasteiger partial charge in [-0.1, -0.05) is 42.5 Å². The third kappa shape index (κ3) is 4.40. The molecule has 6 nitrogen and oxygen atoms in total. The molecule has 0 aliphatic carbocycles. The number of aromatic hydroxyl groups is 2. The lowest BCUT2D eigenvalue weighted by Gasteiger charge is -2.18. The Morgan fingerprint density at radius 2 is 1.21 bits per heavy atom. The molecule has 4 rings (SSSR count). The molecule has 0 fully saturated rings. The molecule has 172 valence electrons. The van der Waals surface area contributed by atoms with Crippen molar-refractivity contribution in [1.29, 1.82) is 0 Å². The number of phenols is 2. The average molecular weight is 449 g/mol. The Balaban J connectivity index is 1.96. The molecule has 0 unspecified atom stereocenters. The highest BCUT2D eigenvalue weighted by Gasteiger charge is 2.21. The van der Waals surface area contributed by atoms with E-state index in [1.165, 1.54) is 0 Å². The first kappa shape index (κ1) is 22.7. The average Bonchev–Trinajstić information content (AvgIpc) is 2.82. The highest BCUT2D eigenvalue weighted by Crippen LogP contribution is 2.48. The van der Waals surface area contributed by atoms with Crippen LogP contribution in [0.2, 0.25) is 0 Å². The van der Waals surface area contributed by atoms with E-state index in [2.05, 4.69) is 0 Å². The highest BCUT2D eigenvalue weighted by molar-refractivity contribution is 6.05.